The van der Waals surface area contributed by atoms with Gasteiger partial charge in [0.25, 0.3) is 0 Å². The molecule has 0 N–H and O–H groups in total. The molecule has 0 saturated heterocycles. The molecule has 14 heavy (non-hydrogen) atoms. The van der Waals surface area contributed by atoms with Gasteiger partial charge in [0, 0.05) is 20.0 Å². The Labute approximate surface area is 87.7 Å². The van der Waals surface area contributed by atoms with Crippen LogP contribution in [-0.2, 0) is 4.79 Å². The third kappa shape index (κ3) is 2.73. The maximum absolute atomic E-state index is 11.2. The zero-order valence-electron chi connectivity index (χ0n) is 9.97. The predicted octanol–water partition coefficient (Wildman–Crippen LogP) is 2.82. The van der Waals surface area contributed by atoms with Gasteiger partial charge in [-0.1, -0.05) is 19.8 Å². The first-order valence-electron chi connectivity index (χ1n) is 5.68. The molecule has 1 atom stereocenters. The van der Waals surface area contributed by atoms with Gasteiger partial charge in [-0.3, -0.25) is 4.79 Å². The average Bonchev–Trinajstić information content (AvgIpc) is 2.50. The Morgan fingerprint density at radius 1 is 1.43 bits per heavy atom. The first-order chi connectivity index (χ1) is 6.44. The first-order valence-corrected chi connectivity index (χ1v) is 5.68. The van der Waals surface area contributed by atoms with Crippen molar-refractivity contribution < 1.29 is 4.79 Å². The smallest absolute Gasteiger partial charge is 0.219 e. The molecule has 1 aliphatic rings. The molecule has 0 aromatic heterocycles. The normalized spacial score (nSPS) is 22.0. The van der Waals surface area contributed by atoms with Crippen LogP contribution in [0.1, 0.15) is 52.9 Å². The Balaban J connectivity index is 2.46. The van der Waals surface area contributed by atoms with E-state index in [4.69, 9.17) is 0 Å². The van der Waals surface area contributed by atoms with Crippen LogP contribution in [0.15, 0.2) is 0 Å². The summed E-state index contributed by atoms with van der Waals surface area (Å²) < 4.78 is 0. The fraction of sp³-hybridized carbons (Fsp3) is 0.917. The van der Waals surface area contributed by atoms with Crippen molar-refractivity contribution in [1.82, 2.24) is 4.90 Å². The molecule has 82 valence electrons. The van der Waals surface area contributed by atoms with Crippen molar-refractivity contribution >= 4 is 5.91 Å². The molecule has 0 aliphatic heterocycles. The molecular formula is C12H23NO. The molecule has 2 nitrogen and oxygen atoms in total. The van der Waals surface area contributed by atoms with Crippen molar-refractivity contribution in [2.24, 2.45) is 5.41 Å². The molecule has 1 rings (SSSR count). The Hall–Kier alpha value is -0.530. The minimum Gasteiger partial charge on any atom is -0.343 e. The van der Waals surface area contributed by atoms with Crippen LogP contribution in [0, 0.1) is 5.41 Å². The number of carbonyl (C=O) groups excluding carboxylic acids is 1. The average molecular weight is 197 g/mol. The summed E-state index contributed by atoms with van der Waals surface area (Å²) in [5, 5.41) is 0. The van der Waals surface area contributed by atoms with E-state index in [-0.39, 0.29) is 5.91 Å². The van der Waals surface area contributed by atoms with Gasteiger partial charge in [-0.05, 0) is 31.6 Å². The van der Waals surface area contributed by atoms with Crippen LogP contribution in [0.25, 0.3) is 0 Å². The molecule has 1 saturated carbocycles. The lowest BCUT2D eigenvalue weighted by Gasteiger charge is -2.32. The van der Waals surface area contributed by atoms with E-state index >= 15 is 0 Å². The van der Waals surface area contributed by atoms with Crippen LogP contribution in [0.5, 0.6) is 0 Å². The second-order valence-electron chi connectivity index (χ2n) is 5.20. The summed E-state index contributed by atoms with van der Waals surface area (Å²) in [5.41, 5.74) is 0.489. The number of nitrogens with zero attached hydrogens (tertiary/aromatic N) is 1. The highest BCUT2D eigenvalue weighted by molar-refractivity contribution is 5.73. The number of amides is 1. The van der Waals surface area contributed by atoms with Crippen LogP contribution in [0.2, 0.25) is 0 Å². The van der Waals surface area contributed by atoms with E-state index in [0.29, 0.717) is 11.5 Å². The van der Waals surface area contributed by atoms with Gasteiger partial charge in [0.1, 0.15) is 0 Å². The van der Waals surface area contributed by atoms with E-state index in [1.807, 2.05) is 11.9 Å². The number of hydrogen-bond acceptors (Lipinski definition) is 1. The Bertz CT molecular complexity index is 206. The molecule has 0 radical (unpaired) electrons. The van der Waals surface area contributed by atoms with Crippen LogP contribution in [-0.4, -0.2) is 23.9 Å². The zero-order valence-corrected chi connectivity index (χ0v) is 9.97. The van der Waals surface area contributed by atoms with Crippen molar-refractivity contribution in [3.05, 3.63) is 0 Å². The van der Waals surface area contributed by atoms with E-state index in [1.165, 1.54) is 25.7 Å². The highest BCUT2D eigenvalue weighted by Crippen LogP contribution is 2.41. The summed E-state index contributed by atoms with van der Waals surface area (Å²) in [6, 6.07) is 0.385. The van der Waals surface area contributed by atoms with Crippen LogP contribution < -0.4 is 0 Å². The topological polar surface area (TPSA) is 20.3 Å². The van der Waals surface area contributed by atoms with E-state index < -0.39 is 0 Å². The monoisotopic (exact) mass is 197 g/mol. The number of carbonyl (C=O) groups is 1. The minimum absolute atomic E-state index is 0.180. The molecule has 1 fully saturated rings. The highest BCUT2D eigenvalue weighted by atomic mass is 16.2. The summed E-state index contributed by atoms with van der Waals surface area (Å²) >= 11 is 0. The summed E-state index contributed by atoms with van der Waals surface area (Å²) in [7, 11) is 1.91. The lowest BCUT2D eigenvalue weighted by molar-refractivity contribution is -0.129. The second kappa shape index (κ2) is 4.33. The third-order valence-electron chi connectivity index (χ3n) is 3.76. The largest absolute Gasteiger partial charge is 0.343 e. The Morgan fingerprint density at radius 2 is 1.93 bits per heavy atom. The lowest BCUT2D eigenvalue weighted by atomic mass is 9.82. The summed E-state index contributed by atoms with van der Waals surface area (Å²) in [4.78, 5) is 13.1. The van der Waals surface area contributed by atoms with Crippen molar-refractivity contribution in [2.75, 3.05) is 7.05 Å². The molecule has 0 bridgehead atoms. The molecule has 1 aliphatic carbocycles. The van der Waals surface area contributed by atoms with Gasteiger partial charge < -0.3 is 4.90 Å². The fourth-order valence-electron chi connectivity index (χ4n) is 2.59. The number of rotatable bonds is 3. The van der Waals surface area contributed by atoms with Gasteiger partial charge in [-0.25, -0.2) is 0 Å². The quantitative estimate of drug-likeness (QED) is 0.681. The SMILES string of the molecule is CC(=O)N(C)C(C)CC1(C)CCCC1. The Morgan fingerprint density at radius 3 is 2.36 bits per heavy atom. The predicted molar refractivity (Wildman–Crippen MR) is 59.1 cm³/mol. The van der Waals surface area contributed by atoms with Crippen molar-refractivity contribution in [3.63, 3.8) is 0 Å². The first kappa shape index (κ1) is 11.5. The van der Waals surface area contributed by atoms with Crippen LogP contribution in [0.3, 0.4) is 0 Å². The van der Waals surface area contributed by atoms with Crippen LogP contribution >= 0.6 is 0 Å². The van der Waals surface area contributed by atoms with Crippen LogP contribution in [0.4, 0.5) is 0 Å². The van der Waals surface area contributed by atoms with Gasteiger partial charge in [-0.15, -0.1) is 0 Å². The molecule has 1 amide bonds. The fourth-order valence-corrected chi connectivity index (χ4v) is 2.59. The summed E-state index contributed by atoms with van der Waals surface area (Å²) in [5.74, 6) is 0.180. The maximum Gasteiger partial charge on any atom is 0.219 e. The van der Waals surface area contributed by atoms with Crippen molar-refractivity contribution in [1.29, 1.82) is 0 Å². The summed E-state index contributed by atoms with van der Waals surface area (Å²) in [6.45, 7) is 6.17. The van der Waals surface area contributed by atoms with Crippen molar-refractivity contribution in [3.8, 4) is 0 Å². The molecule has 0 aromatic rings. The molecular weight excluding hydrogens is 174 g/mol. The highest BCUT2D eigenvalue weighted by Gasteiger charge is 2.31. The number of hydrogen-bond donors (Lipinski definition) is 0. The van der Waals surface area contributed by atoms with Gasteiger partial charge in [-0.2, -0.15) is 0 Å². The van der Waals surface area contributed by atoms with Gasteiger partial charge in [0.2, 0.25) is 5.91 Å². The minimum atomic E-state index is 0.180. The van der Waals surface area contributed by atoms with E-state index in [0.717, 1.165) is 6.42 Å². The maximum atomic E-state index is 11.2. The van der Waals surface area contributed by atoms with Gasteiger partial charge in [0.05, 0.1) is 0 Å². The molecule has 0 spiro atoms. The van der Waals surface area contributed by atoms with E-state index in [1.54, 1.807) is 6.92 Å². The van der Waals surface area contributed by atoms with E-state index in [2.05, 4.69) is 13.8 Å². The Kier molecular flexibility index (Phi) is 3.57. The molecule has 0 heterocycles. The second-order valence-corrected chi connectivity index (χ2v) is 5.20. The molecule has 0 aromatic carbocycles. The van der Waals surface area contributed by atoms with Crippen molar-refractivity contribution in [2.45, 2.75) is 58.9 Å². The van der Waals surface area contributed by atoms with Gasteiger partial charge in [0.15, 0.2) is 0 Å². The van der Waals surface area contributed by atoms with Gasteiger partial charge >= 0.3 is 0 Å². The lowest BCUT2D eigenvalue weighted by Crippen LogP contribution is -2.36. The molecule has 1 unspecified atom stereocenters. The van der Waals surface area contributed by atoms with E-state index in [9.17, 15) is 4.79 Å². The zero-order chi connectivity index (χ0) is 10.8. The standard InChI is InChI=1S/C12H23NO/c1-10(13(4)11(2)14)9-12(3)7-5-6-8-12/h10H,5-9H2,1-4H3. The summed E-state index contributed by atoms with van der Waals surface area (Å²) in [6.07, 6.45) is 6.56. The molecule has 2 heteroatoms. The third-order valence-corrected chi connectivity index (χ3v) is 3.76.